The van der Waals surface area contributed by atoms with Crippen molar-refractivity contribution in [1.29, 1.82) is 0 Å². The van der Waals surface area contributed by atoms with Gasteiger partial charge in [-0.05, 0) is 24.5 Å². The first-order valence-electron chi connectivity index (χ1n) is 5.87. The van der Waals surface area contributed by atoms with Crippen LogP contribution in [0, 0.1) is 15.9 Å². The van der Waals surface area contributed by atoms with E-state index in [4.69, 9.17) is 0 Å². The lowest BCUT2D eigenvalue weighted by Crippen LogP contribution is -2.16. The molecule has 0 heterocycles. The van der Waals surface area contributed by atoms with Gasteiger partial charge in [-0.3, -0.25) is 10.1 Å². The summed E-state index contributed by atoms with van der Waals surface area (Å²) in [7, 11) is 0. The van der Waals surface area contributed by atoms with Crippen molar-refractivity contribution < 1.29 is 9.31 Å². The van der Waals surface area contributed by atoms with Crippen LogP contribution in [0.4, 0.5) is 10.1 Å². The molecule has 0 saturated carbocycles. The first-order chi connectivity index (χ1) is 8.66. The Kier molecular flexibility index (Phi) is 6.67. The van der Waals surface area contributed by atoms with Crippen molar-refractivity contribution in [1.82, 2.24) is 5.32 Å². The van der Waals surface area contributed by atoms with Gasteiger partial charge in [-0.1, -0.05) is 19.1 Å². The maximum atomic E-state index is 13.7. The molecule has 1 N–H and O–H groups in total. The van der Waals surface area contributed by atoms with Crippen LogP contribution in [0.15, 0.2) is 18.2 Å². The number of thioether (sulfide) groups is 1. The van der Waals surface area contributed by atoms with Gasteiger partial charge in [0.2, 0.25) is 5.82 Å². The Bertz CT molecular complexity index is 402. The highest BCUT2D eigenvalue weighted by Gasteiger charge is 2.16. The number of halogens is 1. The van der Waals surface area contributed by atoms with Crippen molar-refractivity contribution in [2.75, 3.05) is 18.1 Å². The molecule has 0 radical (unpaired) electrons. The van der Waals surface area contributed by atoms with Gasteiger partial charge in [-0.25, -0.2) is 0 Å². The largest absolute Gasteiger partial charge is 0.313 e. The van der Waals surface area contributed by atoms with Crippen molar-refractivity contribution >= 4 is 17.4 Å². The summed E-state index contributed by atoms with van der Waals surface area (Å²) in [5.74, 6) is 1.43. The Morgan fingerprint density at radius 3 is 2.94 bits per heavy atom. The second-order valence-electron chi connectivity index (χ2n) is 3.73. The molecule has 0 spiro atoms. The van der Waals surface area contributed by atoms with E-state index in [1.54, 1.807) is 6.07 Å². The van der Waals surface area contributed by atoms with E-state index < -0.39 is 16.4 Å². The summed E-state index contributed by atoms with van der Waals surface area (Å²) in [6.45, 7) is 3.22. The first-order valence-corrected chi connectivity index (χ1v) is 7.02. The van der Waals surface area contributed by atoms with Gasteiger partial charge in [0.1, 0.15) is 0 Å². The molecule has 0 atom stereocenters. The highest BCUT2D eigenvalue weighted by molar-refractivity contribution is 7.99. The lowest BCUT2D eigenvalue weighted by molar-refractivity contribution is -0.387. The minimum absolute atomic E-state index is 0.324. The number of hydrogen-bond donors (Lipinski definition) is 1. The minimum atomic E-state index is -0.738. The van der Waals surface area contributed by atoms with Gasteiger partial charge in [-0.2, -0.15) is 16.2 Å². The first kappa shape index (κ1) is 14.9. The number of nitrogens with one attached hydrogen (secondary N) is 1. The quantitative estimate of drug-likeness (QED) is 0.449. The van der Waals surface area contributed by atoms with E-state index in [0.717, 1.165) is 24.5 Å². The van der Waals surface area contributed by atoms with E-state index in [-0.39, 0.29) is 0 Å². The molecule has 0 amide bonds. The fourth-order valence-corrected chi connectivity index (χ4v) is 2.15. The molecule has 0 aliphatic heterocycles. The average molecular weight is 272 g/mol. The summed E-state index contributed by atoms with van der Waals surface area (Å²) in [6, 6.07) is 4.25. The number of hydrogen-bond acceptors (Lipinski definition) is 4. The fraction of sp³-hybridized carbons (Fsp3) is 0.500. The number of nitrogens with zero attached hydrogens (tertiary/aromatic N) is 1. The van der Waals surface area contributed by atoms with E-state index in [1.165, 1.54) is 12.1 Å². The lowest BCUT2D eigenvalue weighted by atomic mass is 10.2. The van der Waals surface area contributed by atoms with Crippen molar-refractivity contribution in [3.8, 4) is 0 Å². The topological polar surface area (TPSA) is 55.2 Å². The predicted molar refractivity (Wildman–Crippen MR) is 72.4 cm³/mol. The molecular weight excluding hydrogens is 255 g/mol. The van der Waals surface area contributed by atoms with Crippen LogP contribution in [-0.4, -0.2) is 23.0 Å². The number of rotatable bonds is 8. The Morgan fingerprint density at radius 2 is 2.28 bits per heavy atom. The van der Waals surface area contributed by atoms with Crippen LogP contribution in [0.25, 0.3) is 0 Å². The number of nitro groups is 1. The molecule has 0 aliphatic carbocycles. The second kappa shape index (κ2) is 8.05. The van der Waals surface area contributed by atoms with Gasteiger partial charge in [0.05, 0.1) is 4.92 Å². The predicted octanol–water partition coefficient (Wildman–Crippen LogP) is 2.97. The molecule has 0 fully saturated rings. The molecule has 0 bridgehead atoms. The van der Waals surface area contributed by atoms with Crippen LogP contribution in [-0.2, 0) is 6.54 Å². The van der Waals surface area contributed by atoms with Gasteiger partial charge < -0.3 is 5.32 Å². The molecule has 1 rings (SSSR count). The van der Waals surface area contributed by atoms with E-state index >= 15 is 0 Å². The van der Waals surface area contributed by atoms with Crippen molar-refractivity contribution in [3.05, 3.63) is 39.7 Å². The third-order valence-electron chi connectivity index (χ3n) is 2.42. The highest BCUT2D eigenvalue weighted by atomic mass is 32.2. The molecule has 1 aromatic carbocycles. The van der Waals surface area contributed by atoms with Gasteiger partial charge in [0.15, 0.2) is 0 Å². The maximum Gasteiger partial charge on any atom is 0.305 e. The van der Waals surface area contributed by atoms with Crippen molar-refractivity contribution in [3.63, 3.8) is 0 Å². The van der Waals surface area contributed by atoms with Crippen molar-refractivity contribution in [2.24, 2.45) is 0 Å². The minimum Gasteiger partial charge on any atom is -0.313 e. The monoisotopic (exact) mass is 272 g/mol. The summed E-state index contributed by atoms with van der Waals surface area (Å²) in [6.07, 6.45) is 1.01. The summed E-state index contributed by atoms with van der Waals surface area (Å²) in [5, 5.41) is 13.7. The van der Waals surface area contributed by atoms with Crippen LogP contribution >= 0.6 is 11.8 Å². The third-order valence-corrected chi connectivity index (χ3v) is 3.40. The summed E-state index contributed by atoms with van der Waals surface area (Å²) in [4.78, 5) is 9.87. The average Bonchev–Trinajstić information content (AvgIpc) is 2.35. The van der Waals surface area contributed by atoms with Gasteiger partial charge in [0.25, 0.3) is 0 Å². The summed E-state index contributed by atoms with van der Waals surface area (Å²) >= 11 is 1.86. The van der Waals surface area contributed by atoms with Crippen LogP contribution in [0.5, 0.6) is 0 Å². The van der Waals surface area contributed by atoms with E-state index in [0.29, 0.717) is 12.1 Å². The molecule has 1 aromatic rings. The second-order valence-corrected chi connectivity index (χ2v) is 5.13. The summed E-state index contributed by atoms with van der Waals surface area (Å²) in [5.41, 5.74) is -0.122. The van der Waals surface area contributed by atoms with Crippen LogP contribution < -0.4 is 5.32 Å². The maximum absolute atomic E-state index is 13.7. The standard InChI is InChI=1S/C12H17FN2O2S/c1-2-18-8-4-7-14-9-10-5-3-6-11(12(10)13)15(16)17/h3,5-6,14H,2,4,7-9H2,1H3. The molecule has 6 heteroatoms. The van der Waals surface area contributed by atoms with E-state index in [2.05, 4.69) is 12.2 Å². The van der Waals surface area contributed by atoms with Crippen LogP contribution in [0.2, 0.25) is 0 Å². The zero-order valence-electron chi connectivity index (χ0n) is 10.3. The van der Waals surface area contributed by atoms with Crippen molar-refractivity contribution in [2.45, 2.75) is 19.9 Å². The smallest absolute Gasteiger partial charge is 0.305 e. The van der Waals surface area contributed by atoms with Crippen LogP contribution in [0.1, 0.15) is 18.9 Å². The number of benzene rings is 1. The SMILES string of the molecule is CCSCCCNCc1cccc([N+](=O)[O-])c1F. The zero-order valence-corrected chi connectivity index (χ0v) is 11.1. The van der Waals surface area contributed by atoms with Crippen LogP contribution in [0.3, 0.4) is 0 Å². The fourth-order valence-electron chi connectivity index (χ4n) is 1.51. The third kappa shape index (κ3) is 4.62. The van der Waals surface area contributed by atoms with Gasteiger partial charge in [-0.15, -0.1) is 0 Å². The Balaban J connectivity index is 2.43. The molecule has 0 unspecified atom stereocenters. The number of nitro benzene ring substituents is 1. The molecular formula is C12H17FN2O2S. The molecule has 0 aromatic heterocycles. The molecule has 0 aliphatic rings. The van der Waals surface area contributed by atoms with Gasteiger partial charge >= 0.3 is 5.69 Å². The normalized spacial score (nSPS) is 10.6. The van der Waals surface area contributed by atoms with E-state index in [1.807, 2.05) is 11.8 Å². The highest BCUT2D eigenvalue weighted by Crippen LogP contribution is 2.19. The molecule has 18 heavy (non-hydrogen) atoms. The van der Waals surface area contributed by atoms with Gasteiger partial charge in [0, 0.05) is 18.2 Å². The molecule has 100 valence electrons. The Morgan fingerprint density at radius 1 is 1.50 bits per heavy atom. The Labute approximate surface area is 110 Å². The molecule has 0 saturated heterocycles. The molecule has 4 nitrogen and oxygen atoms in total. The van der Waals surface area contributed by atoms with E-state index in [9.17, 15) is 14.5 Å². The zero-order chi connectivity index (χ0) is 13.4. The lowest BCUT2D eigenvalue weighted by Gasteiger charge is -2.06. The summed E-state index contributed by atoms with van der Waals surface area (Å²) < 4.78 is 13.7. The Hall–Kier alpha value is -1.14.